The van der Waals surface area contributed by atoms with Crippen molar-refractivity contribution in [3.8, 4) is 5.75 Å². The summed E-state index contributed by atoms with van der Waals surface area (Å²) < 4.78 is 28.8. The van der Waals surface area contributed by atoms with Gasteiger partial charge in [0, 0.05) is 0 Å². The number of pyridine rings is 1. The van der Waals surface area contributed by atoms with Crippen molar-refractivity contribution in [2.45, 2.75) is 6.61 Å². The maximum absolute atomic E-state index is 12.2. The Balaban J connectivity index is 2.23. The monoisotopic (exact) mass is 251 g/mol. The van der Waals surface area contributed by atoms with Crippen LogP contribution in [0.3, 0.4) is 0 Å². The fourth-order valence-corrected chi connectivity index (χ4v) is 1.43. The Hall–Kier alpha value is -2.37. The van der Waals surface area contributed by atoms with Gasteiger partial charge in [-0.05, 0) is 24.3 Å². The van der Waals surface area contributed by atoms with Crippen molar-refractivity contribution >= 4 is 17.3 Å². The third-order valence-electron chi connectivity index (χ3n) is 2.14. The lowest BCUT2D eigenvalue weighted by atomic mass is 10.3. The van der Waals surface area contributed by atoms with Crippen LogP contribution in [-0.2, 0) is 0 Å². The number of nitrogens with two attached hydrogens (primary N) is 1. The van der Waals surface area contributed by atoms with Gasteiger partial charge >= 0.3 is 6.61 Å². The Kier molecular flexibility index (Phi) is 3.57. The Labute approximate surface area is 102 Å². The molecule has 0 aliphatic rings. The molecule has 4 nitrogen and oxygen atoms in total. The third kappa shape index (κ3) is 3.07. The lowest BCUT2D eigenvalue weighted by molar-refractivity contribution is -0.0493. The molecule has 18 heavy (non-hydrogen) atoms. The molecule has 0 spiro atoms. The smallest absolute Gasteiger partial charge is 0.387 e. The van der Waals surface area contributed by atoms with E-state index >= 15 is 0 Å². The standard InChI is InChI=1S/C12H11F2N3O/c13-12(14)18-9-5-2-1-4-8(9)16-11-7-3-6-10(15)17-11/h1-7,12H,(H3,15,16,17). The number of hydrogen-bond donors (Lipinski definition) is 2. The Morgan fingerprint density at radius 2 is 1.89 bits per heavy atom. The van der Waals surface area contributed by atoms with Gasteiger partial charge in [0.05, 0.1) is 5.69 Å². The molecule has 3 N–H and O–H groups in total. The summed E-state index contributed by atoms with van der Waals surface area (Å²) >= 11 is 0. The van der Waals surface area contributed by atoms with E-state index in [1.54, 1.807) is 36.4 Å². The molecule has 1 aromatic heterocycles. The van der Waals surface area contributed by atoms with Gasteiger partial charge in [-0.25, -0.2) is 4.98 Å². The molecule has 1 aromatic carbocycles. The number of nitrogens with one attached hydrogen (secondary N) is 1. The van der Waals surface area contributed by atoms with Crippen LogP contribution in [0.2, 0.25) is 0 Å². The Morgan fingerprint density at radius 3 is 2.61 bits per heavy atom. The number of ether oxygens (including phenoxy) is 1. The summed E-state index contributed by atoms with van der Waals surface area (Å²) in [6.07, 6.45) is 0. The van der Waals surface area contributed by atoms with Gasteiger partial charge < -0.3 is 15.8 Å². The Bertz CT molecular complexity index is 534. The fourth-order valence-electron chi connectivity index (χ4n) is 1.43. The summed E-state index contributed by atoms with van der Waals surface area (Å²) in [4.78, 5) is 4.01. The number of nitrogens with zero attached hydrogens (tertiary/aromatic N) is 1. The van der Waals surface area contributed by atoms with Crippen molar-refractivity contribution in [1.29, 1.82) is 0 Å². The molecule has 0 aliphatic heterocycles. The highest BCUT2D eigenvalue weighted by Crippen LogP contribution is 2.28. The first-order valence-electron chi connectivity index (χ1n) is 5.18. The SMILES string of the molecule is Nc1cccc(Nc2ccccc2OC(F)F)n1. The summed E-state index contributed by atoms with van der Waals surface area (Å²) in [5, 5.41) is 2.87. The Morgan fingerprint density at radius 1 is 1.11 bits per heavy atom. The first-order valence-corrected chi connectivity index (χ1v) is 5.18. The van der Waals surface area contributed by atoms with Gasteiger partial charge in [0.1, 0.15) is 17.4 Å². The van der Waals surface area contributed by atoms with Crippen molar-refractivity contribution in [3.05, 3.63) is 42.5 Å². The molecule has 0 fully saturated rings. The topological polar surface area (TPSA) is 60.2 Å². The predicted octanol–water partition coefficient (Wildman–Crippen LogP) is 3.01. The van der Waals surface area contributed by atoms with Crippen LogP contribution in [0.25, 0.3) is 0 Å². The van der Waals surface area contributed by atoms with Crippen LogP contribution in [0.4, 0.5) is 26.1 Å². The number of benzene rings is 1. The van der Waals surface area contributed by atoms with Gasteiger partial charge in [0.2, 0.25) is 0 Å². The van der Waals surface area contributed by atoms with E-state index in [0.717, 1.165) is 0 Å². The molecule has 2 rings (SSSR count). The van der Waals surface area contributed by atoms with E-state index in [4.69, 9.17) is 5.73 Å². The fraction of sp³-hybridized carbons (Fsp3) is 0.0833. The van der Waals surface area contributed by atoms with Crippen molar-refractivity contribution in [3.63, 3.8) is 0 Å². The molecule has 0 bridgehead atoms. The number of anilines is 3. The van der Waals surface area contributed by atoms with Crippen molar-refractivity contribution in [2.75, 3.05) is 11.1 Å². The van der Waals surface area contributed by atoms with E-state index in [9.17, 15) is 8.78 Å². The minimum atomic E-state index is -2.87. The molecule has 0 amide bonds. The van der Waals surface area contributed by atoms with Crippen molar-refractivity contribution in [2.24, 2.45) is 0 Å². The maximum Gasteiger partial charge on any atom is 0.387 e. The predicted molar refractivity (Wildman–Crippen MR) is 65.0 cm³/mol. The zero-order chi connectivity index (χ0) is 13.0. The molecule has 0 saturated carbocycles. The molecule has 2 aromatic rings. The highest BCUT2D eigenvalue weighted by molar-refractivity contribution is 5.64. The number of nitrogen functional groups attached to an aromatic ring is 1. The van der Waals surface area contributed by atoms with E-state index in [1.807, 2.05) is 0 Å². The summed E-state index contributed by atoms with van der Waals surface area (Å²) in [7, 11) is 0. The summed E-state index contributed by atoms with van der Waals surface area (Å²) in [6, 6.07) is 11.4. The molecule has 0 radical (unpaired) electrons. The molecule has 6 heteroatoms. The number of alkyl halides is 2. The van der Waals surface area contributed by atoms with Crippen molar-refractivity contribution in [1.82, 2.24) is 4.98 Å². The second-order valence-corrected chi connectivity index (χ2v) is 3.45. The molecular weight excluding hydrogens is 240 g/mol. The van der Waals surface area contributed by atoms with Crippen LogP contribution in [0, 0.1) is 0 Å². The van der Waals surface area contributed by atoms with Crippen LogP contribution < -0.4 is 15.8 Å². The number of halogens is 2. The van der Waals surface area contributed by atoms with Gasteiger partial charge in [-0.1, -0.05) is 18.2 Å². The first kappa shape index (κ1) is 12.1. The average Bonchev–Trinajstić information content (AvgIpc) is 2.31. The maximum atomic E-state index is 12.2. The van der Waals surface area contributed by atoms with Crippen LogP contribution >= 0.6 is 0 Å². The quantitative estimate of drug-likeness (QED) is 0.876. The molecule has 0 unspecified atom stereocenters. The molecule has 0 saturated heterocycles. The third-order valence-corrected chi connectivity index (χ3v) is 2.14. The van der Waals surface area contributed by atoms with Crippen LogP contribution in [0.5, 0.6) is 5.75 Å². The summed E-state index contributed by atoms with van der Waals surface area (Å²) in [5.41, 5.74) is 5.93. The lowest BCUT2D eigenvalue weighted by Crippen LogP contribution is -2.05. The molecule has 1 heterocycles. The van der Waals surface area contributed by atoms with E-state index in [2.05, 4.69) is 15.0 Å². The van der Waals surface area contributed by atoms with E-state index in [-0.39, 0.29) is 5.75 Å². The zero-order valence-electron chi connectivity index (χ0n) is 9.31. The zero-order valence-corrected chi connectivity index (χ0v) is 9.31. The van der Waals surface area contributed by atoms with Gasteiger partial charge in [0.25, 0.3) is 0 Å². The van der Waals surface area contributed by atoms with Crippen LogP contribution in [-0.4, -0.2) is 11.6 Å². The second kappa shape index (κ2) is 5.31. The van der Waals surface area contributed by atoms with Gasteiger partial charge in [0.15, 0.2) is 0 Å². The normalized spacial score (nSPS) is 10.4. The van der Waals surface area contributed by atoms with E-state index < -0.39 is 6.61 Å². The largest absolute Gasteiger partial charge is 0.433 e. The first-order chi connectivity index (χ1) is 8.65. The van der Waals surface area contributed by atoms with Gasteiger partial charge in [-0.2, -0.15) is 8.78 Å². The number of rotatable bonds is 4. The molecule has 94 valence electrons. The number of aromatic nitrogens is 1. The van der Waals surface area contributed by atoms with Crippen molar-refractivity contribution < 1.29 is 13.5 Å². The lowest BCUT2D eigenvalue weighted by Gasteiger charge is -2.12. The number of para-hydroxylation sites is 2. The second-order valence-electron chi connectivity index (χ2n) is 3.45. The number of hydrogen-bond acceptors (Lipinski definition) is 4. The van der Waals surface area contributed by atoms with Gasteiger partial charge in [-0.15, -0.1) is 0 Å². The molecular formula is C12H11F2N3O. The minimum Gasteiger partial charge on any atom is -0.433 e. The highest BCUT2D eigenvalue weighted by atomic mass is 19.3. The van der Waals surface area contributed by atoms with E-state index in [1.165, 1.54) is 6.07 Å². The highest BCUT2D eigenvalue weighted by Gasteiger charge is 2.09. The van der Waals surface area contributed by atoms with E-state index in [0.29, 0.717) is 17.3 Å². The van der Waals surface area contributed by atoms with Crippen LogP contribution in [0.1, 0.15) is 0 Å². The summed E-state index contributed by atoms with van der Waals surface area (Å²) in [6.45, 7) is -2.87. The minimum absolute atomic E-state index is 0.0525. The molecule has 0 atom stereocenters. The average molecular weight is 251 g/mol. The van der Waals surface area contributed by atoms with Gasteiger partial charge in [-0.3, -0.25) is 0 Å². The van der Waals surface area contributed by atoms with Crippen LogP contribution in [0.15, 0.2) is 42.5 Å². The molecule has 0 aliphatic carbocycles. The summed E-state index contributed by atoms with van der Waals surface area (Å²) in [5.74, 6) is 0.851.